The van der Waals surface area contributed by atoms with Crippen molar-refractivity contribution < 1.29 is 14.1 Å². The number of hydrogen-bond acceptors (Lipinski definition) is 5. The Kier molecular flexibility index (Phi) is 4.13. The summed E-state index contributed by atoms with van der Waals surface area (Å²) in [7, 11) is 0. The van der Waals surface area contributed by atoms with Crippen molar-refractivity contribution in [3.8, 4) is 0 Å². The average Bonchev–Trinajstić information content (AvgIpc) is 2.78. The summed E-state index contributed by atoms with van der Waals surface area (Å²) in [6.07, 6.45) is 1.34. The van der Waals surface area contributed by atoms with E-state index in [1.54, 1.807) is 32.0 Å². The van der Waals surface area contributed by atoms with E-state index in [1.807, 2.05) is 0 Å². The molecular weight excluding hydrogens is 274 g/mol. The van der Waals surface area contributed by atoms with Crippen LogP contribution in [0.25, 0.3) is 0 Å². The van der Waals surface area contributed by atoms with Gasteiger partial charge in [0, 0.05) is 17.7 Å². The molecule has 7 nitrogen and oxygen atoms in total. The summed E-state index contributed by atoms with van der Waals surface area (Å²) in [5.41, 5.74) is 3.24. The molecule has 1 heterocycles. The molecule has 2 aromatic rings. The molecule has 0 aliphatic heterocycles. The summed E-state index contributed by atoms with van der Waals surface area (Å²) >= 11 is 0. The first-order chi connectivity index (χ1) is 9.97. The van der Waals surface area contributed by atoms with Crippen molar-refractivity contribution in [2.45, 2.75) is 13.8 Å². The van der Waals surface area contributed by atoms with Crippen molar-refractivity contribution in [3.63, 3.8) is 0 Å². The number of furan rings is 1. The van der Waals surface area contributed by atoms with Crippen molar-refractivity contribution in [1.82, 2.24) is 5.43 Å². The molecule has 0 fully saturated rings. The van der Waals surface area contributed by atoms with Crippen LogP contribution in [0.2, 0.25) is 0 Å². The Labute approximate surface area is 120 Å². The largest absolute Gasteiger partial charge is 0.466 e. The number of nitro benzene ring substituents is 1. The van der Waals surface area contributed by atoms with Crippen LogP contribution in [0, 0.1) is 24.0 Å². The van der Waals surface area contributed by atoms with Gasteiger partial charge in [-0.05, 0) is 19.9 Å². The number of carbonyl (C=O) groups is 1. The topological polar surface area (TPSA) is 97.7 Å². The van der Waals surface area contributed by atoms with E-state index in [4.69, 9.17) is 4.42 Å². The van der Waals surface area contributed by atoms with Gasteiger partial charge in [0.25, 0.3) is 11.6 Å². The Balaban J connectivity index is 2.05. The van der Waals surface area contributed by atoms with Crippen molar-refractivity contribution in [1.29, 1.82) is 0 Å². The smallest absolute Gasteiger partial charge is 0.274 e. The Morgan fingerprint density at radius 3 is 2.76 bits per heavy atom. The van der Waals surface area contributed by atoms with Gasteiger partial charge >= 0.3 is 0 Å². The summed E-state index contributed by atoms with van der Waals surface area (Å²) in [4.78, 5) is 22.0. The normalized spacial score (nSPS) is 10.8. The summed E-state index contributed by atoms with van der Waals surface area (Å²) in [6, 6.07) is 7.56. The third kappa shape index (κ3) is 3.53. The number of aryl methyl sites for hydroxylation is 2. The van der Waals surface area contributed by atoms with E-state index < -0.39 is 10.8 Å². The molecule has 0 radical (unpaired) electrons. The second-order valence-corrected chi connectivity index (χ2v) is 4.38. The van der Waals surface area contributed by atoms with Crippen molar-refractivity contribution in [3.05, 3.63) is 63.1 Å². The van der Waals surface area contributed by atoms with Crippen LogP contribution < -0.4 is 5.43 Å². The number of hydrogen-bond donors (Lipinski definition) is 1. The number of nitro groups is 1. The number of amides is 1. The van der Waals surface area contributed by atoms with Gasteiger partial charge in [-0.15, -0.1) is 0 Å². The standard InChI is InChI=1S/C14H13N3O4/c1-9-6-13(10(2)21-9)14(18)16-15-8-11-4-3-5-12(7-11)17(19)20/h3-8H,1-2H3,(H,16,18)/b15-8-. The molecule has 0 saturated heterocycles. The third-order valence-corrected chi connectivity index (χ3v) is 2.75. The molecule has 1 aromatic heterocycles. The number of benzene rings is 1. The number of non-ortho nitro benzene ring substituents is 1. The van der Waals surface area contributed by atoms with Gasteiger partial charge in [-0.25, -0.2) is 5.43 Å². The second kappa shape index (κ2) is 6.00. The van der Waals surface area contributed by atoms with Crippen LogP contribution in [0.15, 0.2) is 39.9 Å². The first kappa shape index (κ1) is 14.4. The van der Waals surface area contributed by atoms with Gasteiger partial charge in [0.1, 0.15) is 11.5 Å². The van der Waals surface area contributed by atoms with Gasteiger partial charge in [0.05, 0.1) is 16.7 Å². The number of nitrogens with one attached hydrogen (secondary N) is 1. The molecule has 0 bridgehead atoms. The SMILES string of the molecule is Cc1cc(C(=O)N/N=C\c2cccc([N+](=O)[O-])c2)c(C)o1. The minimum absolute atomic E-state index is 0.0356. The molecule has 0 atom stereocenters. The van der Waals surface area contributed by atoms with Crippen LogP contribution in [-0.4, -0.2) is 17.0 Å². The van der Waals surface area contributed by atoms with Crippen molar-refractivity contribution in [2.75, 3.05) is 0 Å². The van der Waals surface area contributed by atoms with Crippen molar-refractivity contribution in [2.24, 2.45) is 5.10 Å². The minimum atomic E-state index is -0.493. The predicted octanol–water partition coefficient (Wildman–Crippen LogP) is 2.57. The van der Waals surface area contributed by atoms with E-state index in [0.29, 0.717) is 22.6 Å². The quantitative estimate of drug-likeness (QED) is 0.530. The van der Waals surface area contributed by atoms with E-state index in [9.17, 15) is 14.9 Å². The number of nitrogens with zero attached hydrogens (tertiary/aromatic N) is 2. The molecule has 0 aliphatic rings. The molecule has 1 N–H and O–H groups in total. The second-order valence-electron chi connectivity index (χ2n) is 4.38. The highest BCUT2D eigenvalue weighted by molar-refractivity contribution is 5.95. The number of carbonyl (C=O) groups excluding carboxylic acids is 1. The van der Waals surface area contributed by atoms with Gasteiger partial charge in [-0.1, -0.05) is 12.1 Å². The van der Waals surface area contributed by atoms with Gasteiger partial charge in [0.2, 0.25) is 0 Å². The molecule has 0 spiro atoms. The van der Waals surface area contributed by atoms with Crippen LogP contribution >= 0.6 is 0 Å². The zero-order valence-corrected chi connectivity index (χ0v) is 11.5. The van der Waals surface area contributed by atoms with Crippen LogP contribution in [-0.2, 0) is 0 Å². The van der Waals surface area contributed by atoms with Crippen LogP contribution in [0.3, 0.4) is 0 Å². The maximum atomic E-state index is 11.9. The highest BCUT2D eigenvalue weighted by atomic mass is 16.6. The lowest BCUT2D eigenvalue weighted by Gasteiger charge is -1.97. The third-order valence-electron chi connectivity index (χ3n) is 2.75. The maximum absolute atomic E-state index is 11.9. The molecule has 0 unspecified atom stereocenters. The molecule has 21 heavy (non-hydrogen) atoms. The zero-order valence-electron chi connectivity index (χ0n) is 11.5. The molecule has 7 heteroatoms. The average molecular weight is 287 g/mol. The Bertz CT molecular complexity index is 719. The van der Waals surface area contributed by atoms with E-state index >= 15 is 0 Å². The molecule has 1 amide bonds. The molecule has 0 aliphatic carbocycles. The van der Waals surface area contributed by atoms with E-state index in [1.165, 1.54) is 18.3 Å². The lowest BCUT2D eigenvalue weighted by Crippen LogP contribution is -2.17. The first-order valence-corrected chi connectivity index (χ1v) is 6.12. The molecule has 0 saturated carbocycles. The monoisotopic (exact) mass is 287 g/mol. The summed E-state index contributed by atoms with van der Waals surface area (Å²) in [5.74, 6) is 0.752. The lowest BCUT2D eigenvalue weighted by molar-refractivity contribution is -0.384. The molecule has 2 rings (SSSR count). The maximum Gasteiger partial charge on any atom is 0.274 e. The fraction of sp³-hybridized carbons (Fsp3) is 0.143. The van der Waals surface area contributed by atoms with Gasteiger partial charge < -0.3 is 4.42 Å². The fourth-order valence-electron chi connectivity index (χ4n) is 1.80. The molecular formula is C14H13N3O4. The summed E-state index contributed by atoms with van der Waals surface area (Å²) < 4.78 is 5.25. The van der Waals surface area contributed by atoms with Gasteiger partial charge in [0.15, 0.2) is 0 Å². The minimum Gasteiger partial charge on any atom is -0.466 e. The Morgan fingerprint density at radius 2 is 2.14 bits per heavy atom. The van der Waals surface area contributed by atoms with Gasteiger partial charge in [-0.2, -0.15) is 5.10 Å². The molecule has 108 valence electrons. The Morgan fingerprint density at radius 1 is 1.38 bits per heavy atom. The first-order valence-electron chi connectivity index (χ1n) is 6.12. The lowest BCUT2D eigenvalue weighted by atomic mass is 10.2. The Hall–Kier alpha value is -2.96. The molecule has 1 aromatic carbocycles. The van der Waals surface area contributed by atoms with E-state index in [-0.39, 0.29) is 5.69 Å². The zero-order chi connectivity index (χ0) is 15.4. The fourth-order valence-corrected chi connectivity index (χ4v) is 1.80. The van der Waals surface area contributed by atoms with Crippen LogP contribution in [0.5, 0.6) is 0 Å². The van der Waals surface area contributed by atoms with Crippen molar-refractivity contribution >= 4 is 17.8 Å². The van der Waals surface area contributed by atoms with E-state index in [2.05, 4.69) is 10.5 Å². The predicted molar refractivity (Wildman–Crippen MR) is 76.3 cm³/mol. The van der Waals surface area contributed by atoms with Crippen LogP contribution in [0.1, 0.15) is 27.4 Å². The summed E-state index contributed by atoms with van der Waals surface area (Å²) in [5, 5.41) is 14.4. The van der Waals surface area contributed by atoms with E-state index in [0.717, 1.165) is 0 Å². The van der Waals surface area contributed by atoms with Gasteiger partial charge in [-0.3, -0.25) is 14.9 Å². The highest BCUT2D eigenvalue weighted by Gasteiger charge is 2.12. The number of rotatable bonds is 4. The highest BCUT2D eigenvalue weighted by Crippen LogP contribution is 2.13. The van der Waals surface area contributed by atoms with Crippen LogP contribution in [0.4, 0.5) is 5.69 Å². The number of hydrazone groups is 1. The summed E-state index contributed by atoms with van der Waals surface area (Å²) in [6.45, 7) is 3.43.